The van der Waals surface area contributed by atoms with Crippen molar-refractivity contribution in [3.63, 3.8) is 0 Å². The van der Waals surface area contributed by atoms with Gasteiger partial charge in [-0.05, 0) is 42.8 Å². The maximum atomic E-state index is 13.2. The smallest absolute Gasteiger partial charge is 0.250 e. The number of anilines is 2. The second-order valence-corrected chi connectivity index (χ2v) is 4.59. The normalized spacial score (nSPS) is 11.9. The van der Waals surface area contributed by atoms with Gasteiger partial charge in [0.25, 0.3) is 5.91 Å². The standard InChI is InChI=1S/C15H16FN3O/c1-9(10-3-2-4-11(16)7-10)19-14-6-5-12(17)8-13(14)15(18)20/h2-9,19H,17H2,1H3,(H2,18,20). The van der Waals surface area contributed by atoms with E-state index in [1.54, 1.807) is 18.2 Å². The Balaban J connectivity index is 2.28. The predicted octanol–water partition coefficient (Wildman–Crippen LogP) is 2.68. The molecule has 0 aliphatic heterocycles. The van der Waals surface area contributed by atoms with Gasteiger partial charge in [0.1, 0.15) is 5.82 Å². The third kappa shape index (κ3) is 3.06. The highest BCUT2D eigenvalue weighted by atomic mass is 19.1. The van der Waals surface area contributed by atoms with Crippen molar-refractivity contribution in [2.45, 2.75) is 13.0 Å². The van der Waals surface area contributed by atoms with Crippen LogP contribution in [-0.2, 0) is 0 Å². The number of hydrogen-bond donors (Lipinski definition) is 3. The van der Waals surface area contributed by atoms with Crippen LogP contribution in [0.4, 0.5) is 15.8 Å². The van der Waals surface area contributed by atoms with Crippen molar-refractivity contribution in [1.29, 1.82) is 0 Å². The molecule has 0 fully saturated rings. The zero-order chi connectivity index (χ0) is 14.7. The van der Waals surface area contributed by atoms with Gasteiger partial charge in [-0.1, -0.05) is 12.1 Å². The van der Waals surface area contributed by atoms with E-state index in [1.807, 2.05) is 13.0 Å². The van der Waals surface area contributed by atoms with Crippen molar-refractivity contribution in [3.05, 3.63) is 59.4 Å². The first-order chi connectivity index (χ1) is 9.47. The van der Waals surface area contributed by atoms with Crippen LogP contribution < -0.4 is 16.8 Å². The molecule has 0 heterocycles. The molecule has 1 amide bonds. The summed E-state index contributed by atoms with van der Waals surface area (Å²) in [5.41, 5.74) is 13.1. The fourth-order valence-electron chi connectivity index (χ4n) is 1.98. The molecule has 20 heavy (non-hydrogen) atoms. The van der Waals surface area contributed by atoms with Gasteiger partial charge in [0.15, 0.2) is 0 Å². The molecular formula is C15H16FN3O. The summed E-state index contributed by atoms with van der Waals surface area (Å²) in [5, 5.41) is 3.14. The number of carbonyl (C=O) groups is 1. The number of nitrogens with one attached hydrogen (secondary N) is 1. The number of hydrogen-bond acceptors (Lipinski definition) is 3. The topological polar surface area (TPSA) is 81.1 Å². The van der Waals surface area contributed by atoms with Gasteiger partial charge >= 0.3 is 0 Å². The molecule has 1 atom stereocenters. The number of halogens is 1. The lowest BCUT2D eigenvalue weighted by Crippen LogP contribution is -2.16. The van der Waals surface area contributed by atoms with Crippen molar-refractivity contribution in [3.8, 4) is 0 Å². The SMILES string of the molecule is CC(Nc1ccc(N)cc1C(N)=O)c1cccc(F)c1. The molecule has 1 unspecified atom stereocenters. The minimum absolute atomic E-state index is 0.174. The lowest BCUT2D eigenvalue weighted by Gasteiger charge is -2.18. The van der Waals surface area contributed by atoms with Crippen molar-refractivity contribution in [2.24, 2.45) is 5.73 Å². The van der Waals surface area contributed by atoms with Crippen molar-refractivity contribution < 1.29 is 9.18 Å². The number of benzene rings is 2. The molecule has 0 saturated carbocycles. The Hall–Kier alpha value is -2.56. The highest BCUT2D eigenvalue weighted by molar-refractivity contribution is 5.99. The zero-order valence-electron chi connectivity index (χ0n) is 11.1. The highest BCUT2D eigenvalue weighted by Crippen LogP contribution is 2.24. The third-order valence-corrected chi connectivity index (χ3v) is 3.03. The summed E-state index contributed by atoms with van der Waals surface area (Å²) >= 11 is 0. The first kappa shape index (κ1) is 13.9. The summed E-state index contributed by atoms with van der Waals surface area (Å²) in [5.74, 6) is -0.866. The van der Waals surface area contributed by atoms with Crippen LogP contribution in [0, 0.1) is 5.82 Å². The predicted molar refractivity (Wildman–Crippen MR) is 77.8 cm³/mol. The fourth-order valence-corrected chi connectivity index (χ4v) is 1.98. The van der Waals surface area contributed by atoms with Crippen LogP contribution in [0.25, 0.3) is 0 Å². The molecule has 0 aromatic heterocycles. The summed E-state index contributed by atoms with van der Waals surface area (Å²) in [4.78, 5) is 11.4. The molecule has 0 radical (unpaired) electrons. The van der Waals surface area contributed by atoms with Crippen LogP contribution in [-0.4, -0.2) is 5.91 Å². The molecule has 5 heteroatoms. The lowest BCUT2D eigenvalue weighted by molar-refractivity contribution is 0.100. The first-order valence-corrected chi connectivity index (χ1v) is 6.18. The van der Waals surface area contributed by atoms with Gasteiger partial charge in [-0.15, -0.1) is 0 Å². The van der Waals surface area contributed by atoms with Crippen LogP contribution in [0.1, 0.15) is 28.9 Å². The molecule has 2 aromatic rings. The average molecular weight is 273 g/mol. The summed E-state index contributed by atoms with van der Waals surface area (Å²) in [6.45, 7) is 1.87. The van der Waals surface area contributed by atoms with Crippen LogP contribution in [0.15, 0.2) is 42.5 Å². The van der Waals surface area contributed by atoms with E-state index < -0.39 is 5.91 Å². The Morgan fingerprint density at radius 3 is 2.65 bits per heavy atom. The quantitative estimate of drug-likeness (QED) is 0.749. The summed E-state index contributed by atoms with van der Waals surface area (Å²) in [6.07, 6.45) is 0. The van der Waals surface area contributed by atoms with E-state index >= 15 is 0 Å². The molecule has 2 aromatic carbocycles. The van der Waals surface area contributed by atoms with Crippen molar-refractivity contribution >= 4 is 17.3 Å². The van der Waals surface area contributed by atoms with E-state index in [0.29, 0.717) is 16.9 Å². The van der Waals surface area contributed by atoms with Gasteiger partial charge in [0.2, 0.25) is 0 Å². The van der Waals surface area contributed by atoms with E-state index in [1.165, 1.54) is 18.2 Å². The Labute approximate surface area is 116 Å². The molecule has 104 valence electrons. The Morgan fingerprint density at radius 2 is 2.00 bits per heavy atom. The summed E-state index contributed by atoms with van der Waals surface area (Å²) in [6, 6.07) is 11.0. The molecule has 5 N–H and O–H groups in total. The number of nitrogen functional groups attached to an aromatic ring is 1. The first-order valence-electron chi connectivity index (χ1n) is 6.18. The number of primary amides is 1. The second-order valence-electron chi connectivity index (χ2n) is 4.59. The molecule has 0 saturated heterocycles. The Kier molecular flexibility index (Phi) is 3.89. The van der Waals surface area contributed by atoms with Crippen LogP contribution >= 0.6 is 0 Å². The second kappa shape index (κ2) is 5.61. The molecule has 0 spiro atoms. The molecule has 0 aliphatic carbocycles. The Bertz CT molecular complexity index is 643. The van der Waals surface area contributed by atoms with Gasteiger partial charge in [0, 0.05) is 17.4 Å². The van der Waals surface area contributed by atoms with Crippen molar-refractivity contribution in [1.82, 2.24) is 0 Å². The number of carbonyl (C=O) groups excluding carboxylic acids is 1. The maximum Gasteiger partial charge on any atom is 0.250 e. The minimum Gasteiger partial charge on any atom is -0.399 e. The zero-order valence-corrected chi connectivity index (χ0v) is 11.1. The highest BCUT2D eigenvalue weighted by Gasteiger charge is 2.12. The van der Waals surface area contributed by atoms with Gasteiger partial charge in [-0.25, -0.2) is 4.39 Å². The largest absolute Gasteiger partial charge is 0.399 e. The number of rotatable bonds is 4. The number of nitrogens with two attached hydrogens (primary N) is 2. The molecule has 0 aliphatic rings. The van der Waals surface area contributed by atoms with Gasteiger partial charge in [-0.3, -0.25) is 4.79 Å². The average Bonchev–Trinajstić information content (AvgIpc) is 2.40. The van der Waals surface area contributed by atoms with E-state index in [9.17, 15) is 9.18 Å². The van der Waals surface area contributed by atoms with E-state index in [0.717, 1.165) is 5.56 Å². The van der Waals surface area contributed by atoms with Crippen LogP contribution in [0.2, 0.25) is 0 Å². The molecule has 4 nitrogen and oxygen atoms in total. The maximum absolute atomic E-state index is 13.2. The monoisotopic (exact) mass is 273 g/mol. The van der Waals surface area contributed by atoms with Crippen LogP contribution in [0.3, 0.4) is 0 Å². The molecule has 0 bridgehead atoms. The molecular weight excluding hydrogens is 257 g/mol. The van der Waals surface area contributed by atoms with Crippen LogP contribution in [0.5, 0.6) is 0 Å². The van der Waals surface area contributed by atoms with Gasteiger partial charge in [0.05, 0.1) is 5.56 Å². The van der Waals surface area contributed by atoms with Crippen molar-refractivity contribution in [2.75, 3.05) is 11.1 Å². The van der Waals surface area contributed by atoms with Gasteiger partial charge in [-0.2, -0.15) is 0 Å². The minimum atomic E-state index is -0.564. The van der Waals surface area contributed by atoms with E-state index in [4.69, 9.17) is 11.5 Å². The fraction of sp³-hybridized carbons (Fsp3) is 0.133. The van der Waals surface area contributed by atoms with E-state index in [2.05, 4.69) is 5.32 Å². The third-order valence-electron chi connectivity index (χ3n) is 3.03. The molecule has 2 rings (SSSR count). The summed E-state index contributed by atoms with van der Waals surface area (Å²) < 4.78 is 13.2. The lowest BCUT2D eigenvalue weighted by atomic mass is 10.1. The van der Waals surface area contributed by atoms with Gasteiger partial charge < -0.3 is 16.8 Å². The van der Waals surface area contributed by atoms with E-state index in [-0.39, 0.29) is 11.9 Å². The number of amides is 1. The summed E-state index contributed by atoms with van der Waals surface area (Å²) in [7, 11) is 0. The Morgan fingerprint density at radius 1 is 1.25 bits per heavy atom.